The summed E-state index contributed by atoms with van der Waals surface area (Å²) in [6.07, 6.45) is 3.84. The van der Waals surface area contributed by atoms with Gasteiger partial charge in [-0.3, -0.25) is 0 Å². The Morgan fingerprint density at radius 3 is 2.89 bits per heavy atom. The van der Waals surface area contributed by atoms with Crippen molar-refractivity contribution in [1.29, 1.82) is 0 Å². The highest BCUT2D eigenvalue weighted by atomic mass is 15.1. The molecule has 0 spiro atoms. The summed E-state index contributed by atoms with van der Waals surface area (Å²) in [4.78, 5) is 2.48. The molecule has 0 bridgehead atoms. The number of benzene rings is 2. The van der Waals surface area contributed by atoms with Gasteiger partial charge in [-0.05, 0) is 23.9 Å². The third-order valence-corrected chi connectivity index (χ3v) is 3.89. The number of rotatable bonds is 4. The third kappa shape index (κ3) is 1.72. The van der Waals surface area contributed by atoms with Crippen molar-refractivity contribution < 1.29 is 0 Å². The first kappa shape index (κ1) is 11.4. The van der Waals surface area contributed by atoms with Gasteiger partial charge in [0.1, 0.15) is 0 Å². The summed E-state index contributed by atoms with van der Waals surface area (Å²) in [6, 6.07) is 10.7. The Bertz CT molecular complexity index is 575. The third-order valence-electron chi connectivity index (χ3n) is 3.89. The van der Waals surface area contributed by atoms with E-state index >= 15 is 0 Å². The first-order valence-electron chi connectivity index (χ1n) is 6.86. The monoisotopic (exact) mass is 240 g/mol. The highest BCUT2D eigenvalue weighted by molar-refractivity contribution is 6.02. The normalized spacial score (nSPS) is 13.5. The van der Waals surface area contributed by atoms with Gasteiger partial charge in [0.2, 0.25) is 0 Å². The number of nitrogens with two attached hydrogens (primary N) is 1. The molecule has 2 nitrogen and oxygen atoms in total. The fraction of sp³-hybridized carbons (Fsp3) is 0.375. The Labute approximate surface area is 108 Å². The molecule has 0 saturated carbocycles. The van der Waals surface area contributed by atoms with Crippen LogP contribution in [0.25, 0.3) is 10.8 Å². The minimum atomic E-state index is 0.938. The van der Waals surface area contributed by atoms with E-state index in [1.165, 1.54) is 41.3 Å². The zero-order chi connectivity index (χ0) is 12.5. The fourth-order valence-corrected chi connectivity index (χ4v) is 2.91. The van der Waals surface area contributed by atoms with Crippen LogP contribution in [-0.2, 0) is 6.54 Å². The Morgan fingerprint density at radius 2 is 2.06 bits per heavy atom. The molecule has 3 rings (SSSR count). The van der Waals surface area contributed by atoms with Crippen molar-refractivity contribution >= 4 is 22.1 Å². The van der Waals surface area contributed by atoms with E-state index in [1.54, 1.807) is 0 Å². The molecule has 2 N–H and O–H groups in total. The highest BCUT2D eigenvalue weighted by Gasteiger charge is 2.22. The second-order valence-corrected chi connectivity index (χ2v) is 5.14. The van der Waals surface area contributed by atoms with Crippen molar-refractivity contribution in [2.75, 3.05) is 17.2 Å². The lowest BCUT2D eigenvalue weighted by Gasteiger charge is -2.19. The standard InChI is InChI=1S/C16H20N2/c1-2-3-4-10-18-11-13-14(17)9-8-12-6-5-7-15(18)16(12)13/h5-9H,2-4,10-11,17H2,1H3. The van der Waals surface area contributed by atoms with Crippen LogP contribution < -0.4 is 10.6 Å². The van der Waals surface area contributed by atoms with Gasteiger partial charge in [-0.1, -0.05) is 38.0 Å². The molecular weight excluding hydrogens is 220 g/mol. The van der Waals surface area contributed by atoms with Crippen LogP contribution in [0.15, 0.2) is 30.3 Å². The van der Waals surface area contributed by atoms with Gasteiger partial charge in [-0.25, -0.2) is 0 Å². The van der Waals surface area contributed by atoms with Crippen LogP contribution in [0.4, 0.5) is 11.4 Å². The molecule has 0 aliphatic carbocycles. The molecule has 0 saturated heterocycles. The van der Waals surface area contributed by atoms with Gasteiger partial charge in [0.25, 0.3) is 0 Å². The summed E-state index contributed by atoms with van der Waals surface area (Å²) in [5, 5.41) is 2.68. The molecule has 94 valence electrons. The van der Waals surface area contributed by atoms with Gasteiger partial charge >= 0.3 is 0 Å². The Kier molecular flexibility index (Phi) is 2.86. The predicted octanol–water partition coefficient (Wildman–Crippen LogP) is 3.93. The van der Waals surface area contributed by atoms with Gasteiger partial charge in [0.15, 0.2) is 0 Å². The average Bonchev–Trinajstić information content (AvgIpc) is 2.76. The minimum Gasteiger partial charge on any atom is -0.398 e. The van der Waals surface area contributed by atoms with Crippen molar-refractivity contribution in [2.45, 2.75) is 32.7 Å². The smallest absolute Gasteiger partial charge is 0.0457 e. The maximum Gasteiger partial charge on any atom is 0.0457 e. The van der Waals surface area contributed by atoms with Crippen molar-refractivity contribution in [2.24, 2.45) is 0 Å². The van der Waals surface area contributed by atoms with E-state index in [2.05, 4.69) is 36.1 Å². The van der Waals surface area contributed by atoms with E-state index in [0.717, 1.165) is 18.8 Å². The first-order chi connectivity index (χ1) is 8.81. The number of hydrogen-bond acceptors (Lipinski definition) is 2. The number of unbranched alkanes of at least 4 members (excludes halogenated alkanes) is 2. The molecule has 1 aliphatic rings. The maximum atomic E-state index is 6.12. The zero-order valence-electron chi connectivity index (χ0n) is 10.9. The average molecular weight is 240 g/mol. The van der Waals surface area contributed by atoms with Gasteiger partial charge in [-0.15, -0.1) is 0 Å². The van der Waals surface area contributed by atoms with Crippen LogP contribution >= 0.6 is 0 Å². The van der Waals surface area contributed by atoms with Crippen molar-refractivity contribution in [3.05, 3.63) is 35.9 Å². The second kappa shape index (κ2) is 4.52. The molecule has 0 unspecified atom stereocenters. The number of hydrogen-bond donors (Lipinski definition) is 1. The van der Waals surface area contributed by atoms with Crippen LogP contribution in [0.2, 0.25) is 0 Å². The maximum absolute atomic E-state index is 6.12. The molecule has 2 heteroatoms. The van der Waals surface area contributed by atoms with Gasteiger partial charge < -0.3 is 10.6 Å². The summed E-state index contributed by atoms with van der Waals surface area (Å²) in [5.41, 5.74) is 9.74. The number of nitrogen functional groups attached to an aromatic ring is 1. The second-order valence-electron chi connectivity index (χ2n) is 5.14. The fourth-order valence-electron chi connectivity index (χ4n) is 2.91. The van der Waals surface area contributed by atoms with E-state index in [0.29, 0.717) is 0 Å². The summed E-state index contributed by atoms with van der Waals surface area (Å²) in [7, 11) is 0. The molecule has 1 aliphatic heterocycles. The SMILES string of the molecule is CCCCCN1Cc2c(N)ccc3cccc1c23. The van der Waals surface area contributed by atoms with Crippen molar-refractivity contribution in [1.82, 2.24) is 0 Å². The number of nitrogens with zero attached hydrogens (tertiary/aromatic N) is 1. The largest absolute Gasteiger partial charge is 0.398 e. The molecule has 0 atom stereocenters. The van der Waals surface area contributed by atoms with Gasteiger partial charge in [0.05, 0.1) is 0 Å². The van der Waals surface area contributed by atoms with Crippen LogP contribution in [0.1, 0.15) is 31.7 Å². The topological polar surface area (TPSA) is 29.3 Å². The molecule has 18 heavy (non-hydrogen) atoms. The molecule has 0 amide bonds. The quantitative estimate of drug-likeness (QED) is 0.648. The first-order valence-corrected chi connectivity index (χ1v) is 6.86. The Morgan fingerprint density at radius 1 is 1.17 bits per heavy atom. The van der Waals surface area contributed by atoms with E-state index < -0.39 is 0 Å². The minimum absolute atomic E-state index is 0.938. The summed E-state index contributed by atoms with van der Waals surface area (Å²) in [6.45, 7) is 4.37. The summed E-state index contributed by atoms with van der Waals surface area (Å²) < 4.78 is 0. The van der Waals surface area contributed by atoms with E-state index in [-0.39, 0.29) is 0 Å². The van der Waals surface area contributed by atoms with Crippen molar-refractivity contribution in [3.8, 4) is 0 Å². The molecule has 1 heterocycles. The van der Waals surface area contributed by atoms with E-state index in [4.69, 9.17) is 5.73 Å². The molecule has 0 aromatic heterocycles. The molecule has 2 aromatic carbocycles. The lowest BCUT2D eigenvalue weighted by atomic mass is 10.0. The predicted molar refractivity (Wildman–Crippen MR) is 78.9 cm³/mol. The Balaban J connectivity index is 1.98. The Hall–Kier alpha value is -1.70. The van der Waals surface area contributed by atoms with Crippen LogP contribution in [0, 0.1) is 0 Å². The van der Waals surface area contributed by atoms with Crippen LogP contribution in [0.3, 0.4) is 0 Å². The lowest BCUT2D eigenvalue weighted by molar-refractivity contribution is 0.683. The van der Waals surface area contributed by atoms with E-state index in [9.17, 15) is 0 Å². The number of anilines is 2. The molecule has 0 radical (unpaired) electrons. The van der Waals surface area contributed by atoms with E-state index in [1.807, 2.05) is 6.07 Å². The van der Waals surface area contributed by atoms with Gasteiger partial charge in [-0.2, -0.15) is 0 Å². The molecule has 0 fully saturated rings. The molecular formula is C16H20N2. The molecule has 2 aromatic rings. The van der Waals surface area contributed by atoms with Crippen LogP contribution in [0.5, 0.6) is 0 Å². The zero-order valence-corrected chi connectivity index (χ0v) is 10.9. The summed E-state index contributed by atoms with van der Waals surface area (Å²) in [5.74, 6) is 0. The van der Waals surface area contributed by atoms with Crippen molar-refractivity contribution in [3.63, 3.8) is 0 Å². The highest BCUT2D eigenvalue weighted by Crippen LogP contribution is 2.39. The summed E-state index contributed by atoms with van der Waals surface area (Å²) >= 11 is 0. The van der Waals surface area contributed by atoms with Crippen LogP contribution in [-0.4, -0.2) is 6.54 Å². The van der Waals surface area contributed by atoms with Gasteiger partial charge in [0, 0.05) is 35.4 Å². The lowest BCUT2D eigenvalue weighted by Crippen LogP contribution is -2.20.